The minimum Gasteiger partial charge on any atom is -0.396 e. The van der Waals surface area contributed by atoms with Gasteiger partial charge in [0.1, 0.15) is 5.82 Å². The van der Waals surface area contributed by atoms with E-state index in [1.165, 1.54) is 0 Å². The van der Waals surface area contributed by atoms with Crippen molar-refractivity contribution in [2.45, 2.75) is 19.8 Å². The molecule has 0 unspecified atom stereocenters. The molecule has 0 spiro atoms. The number of aryl methyl sites for hydroxylation is 1. The van der Waals surface area contributed by atoms with Gasteiger partial charge in [0, 0.05) is 25.0 Å². The number of nitrogen functional groups attached to an aromatic ring is 1. The molecule has 0 aromatic carbocycles. The Morgan fingerprint density at radius 3 is 2.94 bits per heavy atom. The number of anilines is 1. The Hall–Kier alpha value is -1.36. The molecule has 2 N–H and O–H groups in total. The van der Waals surface area contributed by atoms with E-state index >= 15 is 0 Å². The van der Waals surface area contributed by atoms with Crippen LogP contribution in [0.4, 0.5) is 5.69 Å². The molecule has 84 valence electrons. The van der Waals surface area contributed by atoms with Crippen LogP contribution in [0.15, 0.2) is 29.3 Å². The Morgan fingerprint density at radius 2 is 2.25 bits per heavy atom. The predicted molar refractivity (Wildman–Crippen MR) is 67.5 cm³/mol. The highest BCUT2D eigenvalue weighted by atomic mass is 79.9. The maximum Gasteiger partial charge on any atom is 0.113 e. The van der Waals surface area contributed by atoms with Crippen molar-refractivity contribution >= 4 is 21.6 Å². The molecule has 0 aliphatic heterocycles. The molecular weight excluding hydrogens is 268 g/mol. The van der Waals surface area contributed by atoms with Crippen LogP contribution in [0.1, 0.15) is 19.2 Å². The van der Waals surface area contributed by atoms with Gasteiger partial charge in [0.05, 0.1) is 22.0 Å². The van der Waals surface area contributed by atoms with Crippen LogP contribution in [-0.2, 0) is 6.42 Å². The zero-order chi connectivity index (χ0) is 11.5. The van der Waals surface area contributed by atoms with Crippen molar-refractivity contribution in [3.8, 4) is 5.69 Å². The van der Waals surface area contributed by atoms with Crippen molar-refractivity contribution in [2.75, 3.05) is 5.73 Å². The summed E-state index contributed by atoms with van der Waals surface area (Å²) in [6.45, 7) is 2.13. The molecule has 4 nitrogen and oxygen atoms in total. The summed E-state index contributed by atoms with van der Waals surface area (Å²) >= 11 is 3.46. The second-order valence-electron chi connectivity index (χ2n) is 3.52. The molecule has 0 aliphatic rings. The Labute approximate surface area is 103 Å². The fraction of sp³-hybridized carbons (Fsp3) is 0.273. The third-order valence-electron chi connectivity index (χ3n) is 2.33. The third kappa shape index (κ3) is 1.95. The van der Waals surface area contributed by atoms with Gasteiger partial charge in [0.15, 0.2) is 0 Å². The second kappa shape index (κ2) is 4.65. The van der Waals surface area contributed by atoms with Gasteiger partial charge in [-0.05, 0) is 22.4 Å². The van der Waals surface area contributed by atoms with Gasteiger partial charge < -0.3 is 10.3 Å². The monoisotopic (exact) mass is 280 g/mol. The second-order valence-corrected chi connectivity index (χ2v) is 4.38. The average Bonchev–Trinajstić information content (AvgIpc) is 2.67. The molecule has 0 fully saturated rings. The standard InChI is InChI=1S/C11H13BrN4/c1-2-3-10-15-4-5-16(10)11-8(12)6-14-7-9(11)13/h4-7H,2-3,13H2,1H3. The number of rotatable bonds is 3. The molecule has 0 atom stereocenters. The first-order chi connectivity index (χ1) is 7.74. The van der Waals surface area contributed by atoms with E-state index in [4.69, 9.17) is 5.73 Å². The molecule has 0 radical (unpaired) electrons. The summed E-state index contributed by atoms with van der Waals surface area (Å²) in [5.74, 6) is 1.01. The van der Waals surface area contributed by atoms with E-state index in [-0.39, 0.29) is 0 Å². The third-order valence-corrected chi connectivity index (χ3v) is 2.91. The molecule has 0 saturated heterocycles. The molecule has 0 aliphatic carbocycles. The smallest absolute Gasteiger partial charge is 0.113 e. The van der Waals surface area contributed by atoms with E-state index in [1.54, 1.807) is 18.6 Å². The lowest BCUT2D eigenvalue weighted by Crippen LogP contribution is -2.05. The van der Waals surface area contributed by atoms with Crippen LogP contribution in [0, 0.1) is 0 Å². The number of imidazole rings is 1. The molecule has 2 aromatic rings. The maximum absolute atomic E-state index is 5.94. The van der Waals surface area contributed by atoms with Crippen molar-refractivity contribution in [3.05, 3.63) is 35.1 Å². The van der Waals surface area contributed by atoms with Gasteiger partial charge >= 0.3 is 0 Å². The first-order valence-electron chi connectivity index (χ1n) is 5.15. The molecule has 0 amide bonds. The Bertz CT molecular complexity index is 472. The van der Waals surface area contributed by atoms with Crippen LogP contribution in [0.25, 0.3) is 5.69 Å². The van der Waals surface area contributed by atoms with E-state index in [1.807, 2.05) is 10.8 Å². The fourth-order valence-corrected chi connectivity index (χ4v) is 2.18. The first-order valence-corrected chi connectivity index (χ1v) is 5.95. The Kier molecular flexibility index (Phi) is 3.24. The van der Waals surface area contributed by atoms with Gasteiger partial charge in [-0.3, -0.25) is 4.98 Å². The molecular formula is C11H13BrN4. The SMILES string of the molecule is CCCc1nccn1-c1c(N)cncc1Br. The molecule has 0 bridgehead atoms. The highest BCUT2D eigenvalue weighted by Crippen LogP contribution is 2.26. The zero-order valence-corrected chi connectivity index (χ0v) is 10.6. The van der Waals surface area contributed by atoms with Gasteiger partial charge in [-0.2, -0.15) is 0 Å². The lowest BCUT2D eigenvalue weighted by molar-refractivity contribution is 0.808. The van der Waals surface area contributed by atoms with E-state index in [0.29, 0.717) is 5.69 Å². The van der Waals surface area contributed by atoms with Gasteiger partial charge in [0.2, 0.25) is 0 Å². The maximum atomic E-state index is 5.94. The first kappa shape index (κ1) is 11.1. The molecule has 2 rings (SSSR count). The number of hydrogen-bond donors (Lipinski definition) is 1. The van der Waals surface area contributed by atoms with Crippen LogP contribution >= 0.6 is 15.9 Å². The number of pyridine rings is 1. The highest BCUT2D eigenvalue weighted by molar-refractivity contribution is 9.10. The Balaban J connectivity index is 2.54. The lowest BCUT2D eigenvalue weighted by Gasteiger charge is -2.11. The minimum absolute atomic E-state index is 0.643. The summed E-state index contributed by atoms with van der Waals surface area (Å²) in [5.41, 5.74) is 7.49. The summed E-state index contributed by atoms with van der Waals surface area (Å²) in [5, 5.41) is 0. The van der Waals surface area contributed by atoms with Crippen molar-refractivity contribution in [1.82, 2.24) is 14.5 Å². The highest BCUT2D eigenvalue weighted by Gasteiger charge is 2.10. The molecule has 2 heterocycles. The largest absolute Gasteiger partial charge is 0.396 e. The lowest BCUT2D eigenvalue weighted by atomic mass is 10.3. The van der Waals surface area contributed by atoms with Crippen LogP contribution in [-0.4, -0.2) is 14.5 Å². The van der Waals surface area contributed by atoms with Crippen LogP contribution < -0.4 is 5.73 Å². The van der Waals surface area contributed by atoms with E-state index in [0.717, 1.165) is 28.8 Å². The van der Waals surface area contributed by atoms with Crippen LogP contribution in [0.3, 0.4) is 0 Å². The van der Waals surface area contributed by atoms with E-state index < -0.39 is 0 Å². The molecule has 0 saturated carbocycles. The van der Waals surface area contributed by atoms with E-state index in [2.05, 4.69) is 32.8 Å². The molecule has 16 heavy (non-hydrogen) atoms. The molecule has 2 aromatic heterocycles. The average molecular weight is 281 g/mol. The Morgan fingerprint density at radius 1 is 1.44 bits per heavy atom. The number of nitrogens with zero attached hydrogens (tertiary/aromatic N) is 3. The predicted octanol–water partition coefficient (Wildman–Crippen LogP) is 2.56. The normalized spacial score (nSPS) is 10.6. The van der Waals surface area contributed by atoms with Gasteiger partial charge in [0.25, 0.3) is 0 Å². The minimum atomic E-state index is 0.643. The summed E-state index contributed by atoms with van der Waals surface area (Å²) in [4.78, 5) is 8.36. The van der Waals surface area contributed by atoms with Crippen molar-refractivity contribution in [2.24, 2.45) is 0 Å². The number of hydrogen-bond acceptors (Lipinski definition) is 3. The summed E-state index contributed by atoms with van der Waals surface area (Å²) in [6, 6.07) is 0. The fourth-order valence-electron chi connectivity index (χ4n) is 1.64. The van der Waals surface area contributed by atoms with Gasteiger partial charge in [-0.15, -0.1) is 0 Å². The number of aromatic nitrogens is 3. The van der Waals surface area contributed by atoms with Gasteiger partial charge in [-0.25, -0.2) is 4.98 Å². The van der Waals surface area contributed by atoms with Crippen molar-refractivity contribution < 1.29 is 0 Å². The summed E-state index contributed by atoms with van der Waals surface area (Å²) in [6.07, 6.45) is 9.08. The van der Waals surface area contributed by atoms with Crippen molar-refractivity contribution in [3.63, 3.8) is 0 Å². The van der Waals surface area contributed by atoms with E-state index in [9.17, 15) is 0 Å². The summed E-state index contributed by atoms with van der Waals surface area (Å²) < 4.78 is 2.88. The summed E-state index contributed by atoms with van der Waals surface area (Å²) in [7, 11) is 0. The number of halogens is 1. The topological polar surface area (TPSA) is 56.7 Å². The molecule has 5 heteroatoms. The quantitative estimate of drug-likeness (QED) is 0.940. The van der Waals surface area contributed by atoms with Crippen molar-refractivity contribution in [1.29, 1.82) is 0 Å². The van der Waals surface area contributed by atoms with Crippen LogP contribution in [0.2, 0.25) is 0 Å². The zero-order valence-electron chi connectivity index (χ0n) is 9.02. The van der Waals surface area contributed by atoms with Crippen LogP contribution in [0.5, 0.6) is 0 Å². The number of nitrogens with two attached hydrogens (primary N) is 1. The van der Waals surface area contributed by atoms with Gasteiger partial charge in [-0.1, -0.05) is 6.92 Å².